The van der Waals surface area contributed by atoms with Crippen LogP contribution in [0.3, 0.4) is 0 Å². The van der Waals surface area contributed by atoms with Crippen molar-refractivity contribution < 1.29 is 9.53 Å². The molecule has 0 atom stereocenters. The molecule has 1 aromatic carbocycles. The van der Waals surface area contributed by atoms with Crippen molar-refractivity contribution in [1.82, 2.24) is 5.43 Å². The molecule has 0 saturated carbocycles. The summed E-state index contributed by atoms with van der Waals surface area (Å²) in [5, 5.41) is 0. The Morgan fingerprint density at radius 1 is 1.43 bits per heavy atom. The Balaban J connectivity index is 2.78. The van der Waals surface area contributed by atoms with E-state index in [-0.39, 0.29) is 12.3 Å². The summed E-state index contributed by atoms with van der Waals surface area (Å²) in [6.45, 7) is 0.508. The van der Waals surface area contributed by atoms with E-state index in [2.05, 4.69) is 5.43 Å². The molecule has 4 heteroatoms. The molecule has 3 N–H and O–H groups in total. The number of hydrazine groups is 1. The maximum Gasteiger partial charge on any atom is 0.238 e. The summed E-state index contributed by atoms with van der Waals surface area (Å²) in [7, 11) is 1.62. The van der Waals surface area contributed by atoms with Crippen LogP contribution in [0.2, 0.25) is 0 Å². The van der Waals surface area contributed by atoms with Crippen LogP contribution >= 0.6 is 0 Å². The van der Waals surface area contributed by atoms with Crippen LogP contribution in [-0.4, -0.2) is 13.0 Å². The molecule has 0 unspecified atom stereocenters. The number of hydrogen-bond donors (Lipinski definition) is 2. The first-order chi connectivity index (χ1) is 6.77. The Labute approximate surface area is 83.0 Å². The first kappa shape index (κ1) is 10.7. The van der Waals surface area contributed by atoms with Gasteiger partial charge in [0.2, 0.25) is 5.91 Å². The van der Waals surface area contributed by atoms with Gasteiger partial charge in [-0.3, -0.25) is 10.2 Å². The second kappa shape index (κ2) is 5.36. The number of nitrogens with two attached hydrogens (primary N) is 1. The number of carbonyl (C=O) groups excluding carboxylic acids is 1. The third-order valence-electron chi connectivity index (χ3n) is 1.93. The minimum Gasteiger partial charge on any atom is -0.380 e. The average molecular weight is 194 g/mol. The molecule has 0 aliphatic carbocycles. The van der Waals surface area contributed by atoms with Crippen LogP contribution in [0.25, 0.3) is 0 Å². The highest BCUT2D eigenvalue weighted by Crippen LogP contribution is 2.10. The molecule has 0 heterocycles. The van der Waals surface area contributed by atoms with Gasteiger partial charge in [-0.1, -0.05) is 24.3 Å². The maximum atomic E-state index is 11.1. The summed E-state index contributed by atoms with van der Waals surface area (Å²) in [6.07, 6.45) is 0.288. The third-order valence-corrected chi connectivity index (χ3v) is 1.93. The zero-order valence-corrected chi connectivity index (χ0v) is 8.12. The fraction of sp³-hybridized carbons (Fsp3) is 0.300. The second-order valence-electron chi connectivity index (χ2n) is 2.95. The van der Waals surface area contributed by atoms with Gasteiger partial charge in [0, 0.05) is 7.11 Å². The number of carbonyl (C=O) groups is 1. The van der Waals surface area contributed by atoms with E-state index in [1.807, 2.05) is 24.3 Å². The summed E-state index contributed by atoms with van der Waals surface area (Å²) in [4.78, 5) is 11.1. The highest BCUT2D eigenvalue weighted by molar-refractivity contribution is 5.78. The van der Waals surface area contributed by atoms with Gasteiger partial charge in [0.05, 0.1) is 13.0 Å². The molecule has 0 fully saturated rings. The first-order valence-electron chi connectivity index (χ1n) is 4.33. The monoisotopic (exact) mass is 194 g/mol. The highest BCUT2D eigenvalue weighted by Gasteiger charge is 2.05. The van der Waals surface area contributed by atoms with Crippen LogP contribution in [0.1, 0.15) is 11.1 Å². The van der Waals surface area contributed by atoms with Gasteiger partial charge in [-0.2, -0.15) is 0 Å². The van der Waals surface area contributed by atoms with Crippen LogP contribution in [0, 0.1) is 0 Å². The topological polar surface area (TPSA) is 64.3 Å². The molecule has 0 saturated heterocycles. The molecule has 0 bridgehead atoms. The highest BCUT2D eigenvalue weighted by atomic mass is 16.5. The Morgan fingerprint density at radius 3 is 2.64 bits per heavy atom. The lowest BCUT2D eigenvalue weighted by Gasteiger charge is -2.07. The van der Waals surface area contributed by atoms with Gasteiger partial charge in [0.1, 0.15) is 0 Å². The lowest BCUT2D eigenvalue weighted by molar-refractivity contribution is -0.120. The largest absolute Gasteiger partial charge is 0.380 e. The molecular weight excluding hydrogens is 180 g/mol. The smallest absolute Gasteiger partial charge is 0.238 e. The van der Waals surface area contributed by atoms with E-state index < -0.39 is 0 Å². The van der Waals surface area contributed by atoms with Gasteiger partial charge in [0.25, 0.3) is 0 Å². The van der Waals surface area contributed by atoms with Gasteiger partial charge < -0.3 is 4.74 Å². The SMILES string of the molecule is COCc1ccccc1CC(=O)NN. The van der Waals surface area contributed by atoms with E-state index in [0.29, 0.717) is 6.61 Å². The average Bonchev–Trinajstić information content (AvgIpc) is 2.21. The zero-order valence-electron chi connectivity index (χ0n) is 8.12. The third kappa shape index (κ3) is 2.83. The number of methoxy groups -OCH3 is 1. The van der Waals surface area contributed by atoms with Crippen molar-refractivity contribution >= 4 is 5.91 Å². The zero-order chi connectivity index (χ0) is 10.4. The van der Waals surface area contributed by atoms with Crippen LogP contribution in [0.15, 0.2) is 24.3 Å². The summed E-state index contributed by atoms with van der Waals surface area (Å²) < 4.78 is 5.02. The Bertz CT molecular complexity index is 313. The molecule has 4 nitrogen and oxygen atoms in total. The molecule has 0 aromatic heterocycles. The van der Waals surface area contributed by atoms with Crippen LogP contribution in [-0.2, 0) is 22.6 Å². The molecule has 0 radical (unpaired) electrons. The van der Waals surface area contributed by atoms with Crippen LogP contribution in [0.5, 0.6) is 0 Å². The van der Waals surface area contributed by atoms with Crippen molar-refractivity contribution in [2.75, 3.05) is 7.11 Å². The van der Waals surface area contributed by atoms with Gasteiger partial charge in [-0.15, -0.1) is 0 Å². The summed E-state index contributed by atoms with van der Waals surface area (Å²) in [6, 6.07) is 7.63. The van der Waals surface area contributed by atoms with E-state index in [1.165, 1.54) is 0 Å². The van der Waals surface area contributed by atoms with Crippen LogP contribution < -0.4 is 11.3 Å². The Hall–Kier alpha value is -1.39. The van der Waals surface area contributed by atoms with Gasteiger partial charge in [-0.05, 0) is 11.1 Å². The Kier molecular flexibility index (Phi) is 4.10. The van der Waals surface area contributed by atoms with E-state index in [9.17, 15) is 4.79 Å². The first-order valence-corrected chi connectivity index (χ1v) is 4.33. The van der Waals surface area contributed by atoms with Gasteiger partial charge in [-0.25, -0.2) is 5.84 Å². The predicted molar refractivity (Wildman–Crippen MR) is 53.2 cm³/mol. The number of amides is 1. The lowest BCUT2D eigenvalue weighted by Crippen LogP contribution is -2.31. The maximum absolute atomic E-state index is 11.1. The molecule has 1 rings (SSSR count). The molecule has 1 aromatic rings. The molecule has 0 aliphatic rings. The van der Waals surface area contributed by atoms with Crippen molar-refractivity contribution in [1.29, 1.82) is 0 Å². The number of hydrogen-bond acceptors (Lipinski definition) is 3. The van der Waals surface area contributed by atoms with Crippen molar-refractivity contribution in [2.45, 2.75) is 13.0 Å². The van der Waals surface area contributed by atoms with Crippen LogP contribution in [0.4, 0.5) is 0 Å². The molecule has 14 heavy (non-hydrogen) atoms. The molecule has 0 spiro atoms. The van der Waals surface area contributed by atoms with Crippen molar-refractivity contribution in [3.63, 3.8) is 0 Å². The Morgan fingerprint density at radius 2 is 2.07 bits per heavy atom. The minimum absolute atomic E-state index is 0.200. The summed E-state index contributed by atoms with van der Waals surface area (Å²) in [5.74, 6) is 4.81. The quantitative estimate of drug-likeness (QED) is 0.413. The molecule has 76 valence electrons. The molecular formula is C10H14N2O2. The molecule has 0 aliphatic heterocycles. The van der Waals surface area contributed by atoms with Crippen molar-refractivity contribution in [3.05, 3.63) is 35.4 Å². The summed E-state index contributed by atoms with van der Waals surface area (Å²) in [5.41, 5.74) is 4.06. The van der Waals surface area contributed by atoms with E-state index in [1.54, 1.807) is 7.11 Å². The number of rotatable bonds is 4. The van der Waals surface area contributed by atoms with Crippen molar-refractivity contribution in [3.8, 4) is 0 Å². The number of benzene rings is 1. The van der Waals surface area contributed by atoms with E-state index in [4.69, 9.17) is 10.6 Å². The lowest BCUT2D eigenvalue weighted by atomic mass is 10.1. The van der Waals surface area contributed by atoms with E-state index in [0.717, 1.165) is 11.1 Å². The summed E-state index contributed by atoms with van der Waals surface area (Å²) >= 11 is 0. The van der Waals surface area contributed by atoms with Gasteiger partial charge >= 0.3 is 0 Å². The fourth-order valence-electron chi connectivity index (χ4n) is 1.25. The molecule has 1 amide bonds. The standard InChI is InChI=1S/C10H14N2O2/c1-14-7-9-5-3-2-4-8(9)6-10(13)12-11/h2-5H,6-7,11H2,1H3,(H,12,13). The number of ether oxygens (including phenoxy) is 1. The van der Waals surface area contributed by atoms with Crippen molar-refractivity contribution in [2.24, 2.45) is 5.84 Å². The fourth-order valence-corrected chi connectivity index (χ4v) is 1.25. The van der Waals surface area contributed by atoms with Gasteiger partial charge in [0.15, 0.2) is 0 Å². The van der Waals surface area contributed by atoms with E-state index >= 15 is 0 Å². The number of nitrogens with one attached hydrogen (secondary N) is 1. The normalized spacial score (nSPS) is 9.86. The minimum atomic E-state index is -0.200. The predicted octanol–water partition coefficient (Wildman–Crippen LogP) is 0.365. The second-order valence-corrected chi connectivity index (χ2v) is 2.95.